The number of ether oxygens (including phenoxy) is 3. The fourth-order valence-electron chi connectivity index (χ4n) is 8.80. The number of alkyl halides is 5. The number of piperidine rings is 3. The Bertz CT molecular complexity index is 2240. The van der Waals surface area contributed by atoms with E-state index in [1.165, 1.54) is 83.8 Å². The Kier molecular flexibility index (Phi) is 12.5. The van der Waals surface area contributed by atoms with E-state index in [0.29, 0.717) is 12.1 Å². The zero-order valence-electron chi connectivity index (χ0n) is 31.9. The molecule has 5 aliphatic rings. The van der Waals surface area contributed by atoms with Gasteiger partial charge in [0.2, 0.25) is 0 Å². The standard InChI is InChI=1S/C43H40Cl2F5N3O7/c44-36-25-52(57)26-43(45,30-8-2-6-12-34(30)59-39(49)50)42(36,29-7-1-5-11-33(29)58-38(47)48)20-19-41(37(54)55)17-13-27(14-18-41)23-53(32-10-4-3-9-31(32)46)40(56)60-35-24-51-21-15-28(35)16-22-51/h1-14,17,25-26,28,35,38-39H,15-16,18-24H2,(H,54,55)/t35-,41?,42?,43?/m0/s1. The lowest BCUT2D eigenvalue weighted by molar-refractivity contribution is -0.380. The second kappa shape index (κ2) is 17.5. The van der Waals surface area contributed by atoms with Gasteiger partial charge in [-0.25, -0.2) is 9.18 Å². The Labute approximate surface area is 352 Å². The third-order valence-corrected chi connectivity index (χ3v) is 12.9. The van der Waals surface area contributed by atoms with E-state index in [4.69, 9.17) is 37.4 Å². The molecule has 3 saturated heterocycles. The molecule has 1 amide bonds. The highest BCUT2D eigenvalue weighted by Gasteiger charge is 2.61. The second-order valence-electron chi connectivity index (χ2n) is 15.2. The molecule has 10 nitrogen and oxygen atoms in total. The monoisotopic (exact) mass is 875 g/mol. The Morgan fingerprint density at radius 1 is 0.933 bits per heavy atom. The van der Waals surface area contributed by atoms with Gasteiger partial charge in [-0.2, -0.15) is 22.3 Å². The number of carboxylic acids is 1. The first-order chi connectivity index (χ1) is 28.7. The summed E-state index contributed by atoms with van der Waals surface area (Å²) in [5.74, 6) is -2.67. The molecule has 0 saturated carbocycles. The first-order valence-corrected chi connectivity index (χ1v) is 19.9. The summed E-state index contributed by atoms with van der Waals surface area (Å²) >= 11 is 14.5. The minimum Gasteiger partial charge on any atom is -0.619 e. The Morgan fingerprint density at radius 3 is 2.13 bits per heavy atom. The highest BCUT2D eigenvalue weighted by atomic mass is 35.5. The molecule has 8 rings (SSSR count). The maximum absolute atomic E-state index is 15.3. The van der Waals surface area contributed by atoms with Gasteiger partial charge in [0.1, 0.15) is 23.4 Å². The smallest absolute Gasteiger partial charge is 0.415 e. The van der Waals surface area contributed by atoms with Crippen LogP contribution in [0.3, 0.4) is 0 Å². The molecular weight excluding hydrogens is 836 g/mol. The van der Waals surface area contributed by atoms with Crippen molar-refractivity contribution >= 4 is 47.2 Å². The van der Waals surface area contributed by atoms with Crippen LogP contribution in [0.2, 0.25) is 0 Å². The van der Waals surface area contributed by atoms with Crippen LogP contribution in [0.4, 0.5) is 32.4 Å². The van der Waals surface area contributed by atoms with Crippen LogP contribution >= 0.6 is 23.2 Å². The van der Waals surface area contributed by atoms with Crippen molar-refractivity contribution < 1.29 is 55.6 Å². The number of halogens is 7. The average molecular weight is 877 g/mol. The van der Waals surface area contributed by atoms with Crippen LogP contribution in [-0.4, -0.2) is 78.5 Å². The van der Waals surface area contributed by atoms with E-state index in [-0.39, 0.29) is 58.0 Å². The van der Waals surface area contributed by atoms with E-state index >= 15 is 4.39 Å². The number of nitrogens with zero attached hydrogens (tertiary/aromatic N) is 3. The Hall–Kier alpha value is -5.12. The van der Waals surface area contributed by atoms with Gasteiger partial charge in [0.05, 0.1) is 28.1 Å². The molecule has 4 heterocycles. The van der Waals surface area contributed by atoms with Crippen LogP contribution in [0.25, 0.3) is 0 Å². The van der Waals surface area contributed by atoms with Crippen molar-refractivity contribution in [3.63, 3.8) is 0 Å². The highest BCUT2D eigenvalue weighted by molar-refractivity contribution is 6.38. The number of rotatable bonds is 14. The lowest BCUT2D eigenvalue weighted by atomic mass is 9.60. The van der Waals surface area contributed by atoms with Gasteiger partial charge in [0.15, 0.2) is 17.3 Å². The van der Waals surface area contributed by atoms with Crippen LogP contribution < -0.4 is 14.4 Å². The molecule has 2 bridgehead atoms. The van der Waals surface area contributed by atoms with Crippen LogP contribution in [0.15, 0.2) is 108 Å². The normalized spacial score (nSPS) is 27.2. The number of carbonyl (C=O) groups excluding carboxylic acids is 1. The number of anilines is 1. The summed E-state index contributed by atoms with van der Waals surface area (Å²) in [6.45, 7) is -4.46. The molecule has 4 aliphatic heterocycles. The maximum atomic E-state index is 15.3. The van der Waals surface area contributed by atoms with Crippen LogP contribution in [-0.2, 0) is 19.8 Å². The van der Waals surface area contributed by atoms with Gasteiger partial charge in [-0.05, 0) is 81.0 Å². The predicted octanol–water partition coefficient (Wildman–Crippen LogP) is 9.55. The van der Waals surface area contributed by atoms with Gasteiger partial charge in [-0.3, -0.25) is 14.6 Å². The Balaban J connectivity index is 1.24. The largest absolute Gasteiger partial charge is 0.619 e. The molecule has 3 aromatic carbocycles. The zero-order chi connectivity index (χ0) is 42.8. The molecule has 1 aliphatic carbocycles. The van der Waals surface area contributed by atoms with Gasteiger partial charge < -0.3 is 24.5 Å². The summed E-state index contributed by atoms with van der Waals surface area (Å²) in [5, 5.41) is 23.7. The van der Waals surface area contributed by atoms with Crippen molar-refractivity contribution in [2.75, 3.05) is 31.1 Å². The molecule has 4 atom stereocenters. The third-order valence-electron chi connectivity index (χ3n) is 11.9. The van der Waals surface area contributed by atoms with Gasteiger partial charge in [0.25, 0.3) is 0 Å². The lowest BCUT2D eigenvalue weighted by Crippen LogP contribution is -2.53. The van der Waals surface area contributed by atoms with Crippen LogP contribution in [0.1, 0.15) is 43.2 Å². The van der Waals surface area contributed by atoms with E-state index in [1.54, 1.807) is 12.1 Å². The summed E-state index contributed by atoms with van der Waals surface area (Å²) in [6, 6.07) is 16.5. The van der Waals surface area contributed by atoms with Gasteiger partial charge in [0, 0.05) is 17.7 Å². The first kappa shape index (κ1) is 43.0. The number of hydroxylamine groups is 1. The zero-order valence-corrected chi connectivity index (χ0v) is 33.4. The van der Waals surface area contributed by atoms with Gasteiger partial charge >= 0.3 is 25.3 Å². The molecule has 3 fully saturated rings. The number of amides is 1. The minimum atomic E-state index is -3.35. The number of allylic oxidation sites excluding steroid dienone is 2. The molecule has 0 radical (unpaired) electrons. The number of benzene rings is 3. The molecule has 0 aromatic heterocycles. The topological polar surface area (TPSA) is 115 Å². The average Bonchev–Trinajstić information content (AvgIpc) is 3.21. The predicted molar refractivity (Wildman–Crippen MR) is 213 cm³/mol. The molecule has 318 valence electrons. The van der Waals surface area contributed by atoms with Gasteiger partial charge in [-0.15, -0.1) is 11.6 Å². The molecule has 3 aromatic rings. The molecule has 0 spiro atoms. The van der Waals surface area contributed by atoms with E-state index in [2.05, 4.69) is 4.90 Å². The fraction of sp³-hybridized carbons (Fsp3) is 0.372. The summed E-state index contributed by atoms with van der Waals surface area (Å²) in [5.41, 5.74) is -3.65. The highest BCUT2D eigenvalue weighted by Crippen LogP contribution is 2.61. The summed E-state index contributed by atoms with van der Waals surface area (Å²) < 4.78 is 86.7. The number of fused-ring (bicyclic) bond motifs is 3. The fourth-order valence-corrected chi connectivity index (χ4v) is 9.84. The van der Waals surface area contributed by atoms with Gasteiger partial charge in [-0.1, -0.05) is 78.4 Å². The van der Waals surface area contributed by atoms with E-state index in [1.807, 2.05) is 0 Å². The lowest BCUT2D eigenvalue weighted by Gasteiger charge is -2.47. The van der Waals surface area contributed by atoms with Crippen molar-refractivity contribution in [1.82, 2.24) is 4.90 Å². The Morgan fingerprint density at radius 2 is 1.55 bits per heavy atom. The second-order valence-corrected chi connectivity index (χ2v) is 16.2. The van der Waals surface area contributed by atoms with Crippen LogP contribution in [0, 0.1) is 22.4 Å². The van der Waals surface area contributed by atoms with Crippen molar-refractivity contribution in [2.24, 2.45) is 11.3 Å². The van der Waals surface area contributed by atoms with E-state index in [0.717, 1.165) is 38.3 Å². The third kappa shape index (κ3) is 8.31. The summed E-state index contributed by atoms with van der Waals surface area (Å²) in [6.07, 6.45) is 6.06. The molecular formula is C43H40Cl2F5N3O7. The van der Waals surface area contributed by atoms with Crippen LogP contribution in [0.5, 0.6) is 11.5 Å². The van der Waals surface area contributed by atoms with Crippen molar-refractivity contribution in [3.8, 4) is 11.5 Å². The molecule has 17 heteroatoms. The number of hydrogen-bond donors (Lipinski definition) is 1. The number of carbonyl (C=O) groups is 2. The first-order valence-electron chi connectivity index (χ1n) is 19.2. The summed E-state index contributed by atoms with van der Waals surface area (Å²) in [4.78, 5) is 28.2. The maximum Gasteiger partial charge on any atom is 0.415 e. The number of carboxylic acid groups (broad SMARTS) is 1. The summed E-state index contributed by atoms with van der Waals surface area (Å²) in [7, 11) is 0. The SMILES string of the molecule is O=C(O[C@H]1CN2CCC1CC2)N(CC1=CCC(CCC2(c3ccccc3OC(F)F)C(Cl)=C[N+]([O-])=CC2(Cl)c2ccccc2OC(F)F)(C(=O)O)C=C1)c1ccccc1F. The number of hydrogen-bond acceptors (Lipinski definition) is 7. The molecule has 1 N–H and O–H groups in total. The van der Waals surface area contributed by atoms with Crippen molar-refractivity contribution in [2.45, 2.75) is 61.7 Å². The number of aliphatic carboxylic acids is 1. The number of para-hydroxylation sites is 3. The van der Waals surface area contributed by atoms with E-state index < -0.39 is 64.7 Å². The molecule has 3 unspecified atom stereocenters. The van der Waals surface area contributed by atoms with Crippen molar-refractivity contribution in [1.29, 1.82) is 0 Å². The minimum absolute atomic E-state index is 0.0308. The van der Waals surface area contributed by atoms with Crippen molar-refractivity contribution in [3.05, 3.63) is 130 Å². The molecule has 60 heavy (non-hydrogen) atoms. The quantitative estimate of drug-likeness (QED) is 0.0738. The van der Waals surface area contributed by atoms with E-state index in [9.17, 15) is 37.5 Å².